The predicted molar refractivity (Wildman–Crippen MR) is 87.4 cm³/mol. The van der Waals surface area contributed by atoms with E-state index in [1.165, 1.54) is 18.2 Å². The van der Waals surface area contributed by atoms with Gasteiger partial charge in [-0.15, -0.1) is 0 Å². The lowest BCUT2D eigenvalue weighted by Crippen LogP contribution is -2.21. The number of allylic oxidation sites excluding steroid dienone is 2. The number of hydrogen-bond acceptors (Lipinski definition) is 7. The van der Waals surface area contributed by atoms with Crippen LogP contribution in [0.2, 0.25) is 0 Å². The lowest BCUT2D eigenvalue weighted by atomic mass is 10.2. The van der Waals surface area contributed by atoms with Crippen LogP contribution in [0.1, 0.15) is 20.3 Å². The van der Waals surface area contributed by atoms with Crippen molar-refractivity contribution in [1.82, 2.24) is 0 Å². The summed E-state index contributed by atoms with van der Waals surface area (Å²) in [5.74, 6) is 0.231. The van der Waals surface area contributed by atoms with Crippen molar-refractivity contribution in [2.24, 2.45) is 0 Å². The molecule has 3 N–H and O–H groups in total. The highest BCUT2D eigenvalue weighted by atomic mass is 16.5. The Bertz CT molecular complexity index is 791. The first kappa shape index (κ1) is 17.8. The van der Waals surface area contributed by atoms with E-state index in [9.17, 15) is 15.0 Å². The summed E-state index contributed by atoms with van der Waals surface area (Å²) in [6, 6.07) is 4.46. The number of rotatable bonds is 7. The van der Waals surface area contributed by atoms with Crippen molar-refractivity contribution >= 4 is 11.0 Å². The minimum atomic E-state index is -1.01. The van der Waals surface area contributed by atoms with Gasteiger partial charge >= 0.3 is 5.63 Å². The minimum absolute atomic E-state index is 0.110. The Morgan fingerprint density at radius 1 is 1.42 bits per heavy atom. The molecule has 0 spiro atoms. The molecule has 1 unspecified atom stereocenters. The highest BCUT2D eigenvalue weighted by molar-refractivity contribution is 5.86. The van der Waals surface area contributed by atoms with Gasteiger partial charge in [-0.3, -0.25) is 0 Å². The van der Waals surface area contributed by atoms with E-state index in [1.54, 1.807) is 13.0 Å². The molecule has 130 valence electrons. The quantitative estimate of drug-likeness (QED) is 0.523. The van der Waals surface area contributed by atoms with Gasteiger partial charge in [-0.25, -0.2) is 4.79 Å². The molecule has 0 saturated carbocycles. The van der Waals surface area contributed by atoms with Gasteiger partial charge in [-0.2, -0.15) is 0 Å². The number of hydrogen-bond donors (Lipinski definition) is 3. The molecule has 24 heavy (non-hydrogen) atoms. The largest absolute Gasteiger partial charge is 0.504 e. The third-order valence-electron chi connectivity index (χ3n) is 3.37. The van der Waals surface area contributed by atoms with Gasteiger partial charge in [-0.05, 0) is 31.2 Å². The summed E-state index contributed by atoms with van der Waals surface area (Å²) in [4.78, 5) is 12.0. The zero-order valence-electron chi connectivity index (χ0n) is 13.5. The van der Waals surface area contributed by atoms with Gasteiger partial charge in [0, 0.05) is 6.42 Å². The van der Waals surface area contributed by atoms with Crippen molar-refractivity contribution < 1.29 is 29.2 Å². The van der Waals surface area contributed by atoms with Gasteiger partial charge in [0.05, 0.1) is 12.0 Å². The lowest BCUT2D eigenvalue weighted by Gasteiger charge is -2.12. The summed E-state index contributed by atoms with van der Waals surface area (Å²) >= 11 is 0. The van der Waals surface area contributed by atoms with Gasteiger partial charge in [0.15, 0.2) is 5.75 Å². The Labute approximate surface area is 138 Å². The van der Waals surface area contributed by atoms with E-state index >= 15 is 0 Å². The van der Waals surface area contributed by atoms with E-state index in [0.717, 1.165) is 0 Å². The van der Waals surface area contributed by atoms with Crippen LogP contribution < -0.4 is 15.1 Å². The maximum atomic E-state index is 12.0. The summed E-state index contributed by atoms with van der Waals surface area (Å²) in [5, 5.41) is 28.7. The molecular weight excluding hydrogens is 316 g/mol. The number of benzene rings is 1. The molecule has 0 aliphatic heterocycles. The molecule has 0 fully saturated rings. The van der Waals surface area contributed by atoms with Gasteiger partial charge < -0.3 is 29.2 Å². The van der Waals surface area contributed by atoms with E-state index in [-0.39, 0.29) is 29.1 Å². The minimum Gasteiger partial charge on any atom is -0.504 e. The molecular formula is C17H20O7. The fourth-order valence-electron chi connectivity index (χ4n) is 2.04. The first-order valence-electron chi connectivity index (χ1n) is 7.54. The second kappa shape index (κ2) is 7.85. The summed E-state index contributed by atoms with van der Waals surface area (Å²) in [7, 11) is 0. The van der Waals surface area contributed by atoms with E-state index in [1.807, 2.05) is 6.92 Å². The van der Waals surface area contributed by atoms with Crippen LogP contribution in [0.5, 0.6) is 17.2 Å². The molecule has 1 atom stereocenters. The van der Waals surface area contributed by atoms with Crippen molar-refractivity contribution in [3.8, 4) is 17.2 Å². The van der Waals surface area contributed by atoms with Crippen LogP contribution >= 0.6 is 0 Å². The zero-order chi connectivity index (χ0) is 17.7. The Balaban J connectivity index is 2.41. The van der Waals surface area contributed by atoms with Crippen molar-refractivity contribution in [1.29, 1.82) is 0 Å². The monoisotopic (exact) mass is 336 g/mol. The summed E-state index contributed by atoms with van der Waals surface area (Å²) in [5.41, 5.74) is -0.601. The lowest BCUT2D eigenvalue weighted by molar-refractivity contribution is 0.0536. The predicted octanol–water partition coefficient (Wildman–Crippen LogP) is 1.92. The maximum Gasteiger partial charge on any atom is 0.383 e. The Morgan fingerprint density at radius 3 is 2.79 bits per heavy atom. The molecule has 2 aromatic rings. The average molecular weight is 336 g/mol. The topological polar surface area (TPSA) is 109 Å². The normalized spacial score (nSPS) is 13.1. The van der Waals surface area contributed by atoms with Gasteiger partial charge in [0.1, 0.15) is 29.8 Å². The molecule has 0 saturated heterocycles. The number of aromatic hydroxyl groups is 1. The fraction of sp³-hybridized carbons (Fsp3) is 0.353. The van der Waals surface area contributed by atoms with Crippen molar-refractivity contribution in [2.45, 2.75) is 26.4 Å². The molecule has 0 amide bonds. The molecule has 1 heterocycles. The molecule has 0 aliphatic rings. The Hall–Kier alpha value is -2.51. The second-order valence-corrected chi connectivity index (χ2v) is 5.08. The van der Waals surface area contributed by atoms with Crippen LogP contribution in [0.4, 0.5) is 0 Å². The van der Waals surface area contributed by atoms with Gasteiger partial charge in [-0.1, -0.05) is 6.92 Å². The fourth-order valence-corrected chi connectivity index (χ4v) is 2.04. The standard InChI is InChI=1S/C17H20O7/c1-3-11(4-2)23-16-15(20)13-7-12(22-9-10(19)8-18)5-6-14(13)24-17(16)21/h3,5-7,10,18-20H,4,8-9H2,1-2H3. The highest BCUT2D eigenvalue weighted by Crippen LogP contribution is 2.34. The maximum absolute atomic E-state index is 12.0. The highest BCUT2D eigenvalue weighted by Gasteiger charge is 2.17. The van der Waals surface area contributed by atoms with E-state index in [4.69, 9.17) is 19.0 Å². The molecule has 0 radical (unpaired) electrons. The van der Waals surface area contributed by atoms with Crippen molar-refractivity contribution in [3.63, 3.8) is 0 Å². The van der Waals surface area contributed by atoms with Crippen LogP contribution in [0, 0.1) is 0 Å². The molecule has 7 heteroatoms. The van der Waals surface area contributed by atoms with Crippen molar-refractivity contribution in [3.05, 3.63) is 40.5 Å². The molecule has 0 aliphatic carbocycles. The number of aliphatic hydroxyl groups excluding tert-OH is 2. The molecule has 0 bridgehead atoms. The van der Waals surface area contributed by atoms with E-state index in [2.05, 4.69) is 0 Å². The Kier molecular flexibility index (Phi) is 5.83. The molecule has 2 rings (SSSR count). The first-order valence-corrected chi connectivity index (χ1v) is 7.54. The van der Waals surface area contributed by atoms with E-state index < -0.39 is 18.3 Å². The number of fused-ring (bicyclic) bond motifs is 1. The van der Waals surface area contributed by atoms with Crippen LogP contribution in [-0.4, -0.2) is 34.6 Å². The molecule has 1 aromatic heterocycles. The van der Waals surface area contributed by atoms with E-state index in [0.29, 0.717) is 17.9 Å². The van der Waals surface area contributed by atoms with Gasteiger partial charge in [0.2, 0.25) is 0 Å². The number of ether oxygens (including phenoxy) is 2. The summed E-state index contributed by atoms with van der Waals surface area (Å²) in [6.07, 6.45) is 1.23. The second-order valence-electron chi connectivity index (χ2n) is 5.08. The average Bonchev–Trinajstić information content (AvgIpc) is 2.60. The summed E-state index contributed by atoms with van der Waals surface area (Å²) < 4.78 is 15.9. The Morgan fingerprint density at radius 2 is 2.17 bits per heavy atom. The van der Waals surface area contributed by atoms with Gasteiger partial charge in [0.25, 0.3) is 5.75 Å². The van der Waals surface area contributed by atoms with Crippen LogP contribution in [0.3, 0.4) is 0 Å². The smallest absolute Gasteiger partial charge is 0.383 e. The van der Waals surface area contributed by atoms with Crippen LogP contribution in [-0.2, 0) is 0 Å². The zero-order valence-corrected chi connectivity index (χ0v) is 13.5. The van der Waals surface area contributed by atoms with Crippen LogP contribution in [0.15, 0.2) is 39.2 Å². The molecule has 1 aromatic carbocycles. The van der Waals surface area contributed by atoms with Crippen LogP contribution in [0.25, 0.3) is 11.0 Å². The summed E-state index contributed by atoms with van der Waals surface area (Å²) in [6.45, 7) is 3.08. The third-order valence-corrected chi connectivity index (χ3v) is 3.37. The first-order chi connectivity index (χ1) is 11.5. The SMILES string of the molecule is CC=C(CC)Oc1c(O)c2cc(OCC(O)CO)ccc2oc1=O. The molecule has 7 nitrogen and oxygen atoms in total. The third kappa shape index (κ3) is 3.87. The van der Waals surface area contributed by atoms with Crippen molar-refractivity contribution in [2.75, 3.05) is 13.2 Å². The number of aliphatic hydroxyl groups is 2.